The molecular formula is C9H17ClN4O2. The number of nitrogens with zero attached hydrogens (tertiary/aromatic N) is 2. The topological polar surface area (TPSA) is 82.2 Å². The zero-order valence-corrected chi connectivity index (χ0v) is 10.00. The largest absolute Gasteiger partial charge is 0.383 e. The number of carbonyl (C=O) groups excluding carboxylic acids is 1. The summed E-state index contributed by atoms with van der Waals surface area (Å²) in [5.41, 5.74) is 5.94. The minimum atomic E-state index is -0.0937. The maximum absolute atomic E-state index is 11.2. The van der Waals surface area contributed by atoms with Crippen LogP contribution < -0.4 is 11.1 Å². The predicted molar refractivity (Wildman–Crippen MR) is 63.7 cm³/mol. The van der Waals surface area contributed by atoms with Gasteiger partial charge in [0.15, 0.2) is 0 Å². The first-order valence-corrected chi connectivity index (χ1v) is 4.77. The van der Waals surface area contributed by atoms with Crippen LogP contribution in [-0.4, -0.2) is 35.9 Å². The number of anilines is 1. The number of hydrogen-bond acceptors (Lipinski definition) is 4. The van der Waals surface area contributed by atoms with Crippen molar-refractivity contribution in [3.8, 4) is 0 Å². The van der Waals surface area contributed by atoms with Crippen LogP contribution in [0.15, 0.2) is 12.4 Å². The normalized spacial score (nSPS) is 9.62. The Kier molecular flexibility index (Phi) is 7.53. The van der Waals surface area contributed by atoms with Crippen molar-refractivity contribution in [2.75, 3.05) is 25.6 Å². The highest BCUT2D eigenvalue weighted by Crippen LogP contribution is 2.04. The summed E-state index contributed by atoms with van der Waals surface area (Å²) in [5, 5.41) is 6.75. The Hall–Kier alpha value is -1.11. The molecule has 1 aromatic heterocycles. The Morgan fingerprint density at radius 2 is 2.44 bits per heavy atom. The van der Waals surface area contributed by atoms with Gasteiger partial charge >= 0.3 is 0 Å². The van der Waals surface area contributed by atoms with E-state index in [0.29, 0.717) is 31.8 Å². The van der Waals surface area contributed by atoms with Crippen molar-refractivity contribution in [1.29, 1.82) is 0 Å². The maximum Gasteiger partial charge on any atom is 0.225 e. The quantitative estimate of drug-likeness (QED) is 0.756. The van der Waals surface area contributed by atoms with E-state index in [0.717, 1.165) is 0 Å². The van der Waals surface area contributed by atoms with Crippen molar-refractivity contribution in [3.05, 3.63) is 12.4 Å². The molecule has 0 aliphatic carbocycles. The van der Waals surface area contributed by atoms with Crippen LogP contribution in [0.3, 0.4) is 0 Å². The standard InChI is InChI=1S/C9H16N4O2.ClH/c1-15-5-4-13-7-8(6-11-13)12-9(14)2-3-10;/h6-7H,2-5,10H2,1H3,(H,12,14);1H. The molecule has 0 spiro atoms. The van der Waals surface area contributed by atoms with Gasteiger partial charge in [0.1, 0.15) is 0 Å². The zero-order valence-electron chi connectivity index (χ0n) is 9.18. The van der Waals surface area contributed by atoms with Crippen LogP contribution >= 0.6 is 12.4 Å². The summed E-state index contributed by atoms with van der Waals surface area (Å²) in [5.74, 6) is -0.0937. The second-order valence-corrected chi connectivity index (χ2v) is 3.07. The van der Waals surface area contributed by atoms with E-state index in [2.05, 4.69) is 10.4 Å². The van der Waals surface area contributed by atoms with Gasteiger partial charge in [-0.15, -0.1) is 12.4 Å². The Morgan fingerprint density at radius 1 is 1.69 bits per heavy atom. The van der Waals surface area contributed by atoms with Gasteiger partial charge in [-0.25, -0.2) is 0 Å². The molecule has 1 rings (SSSR count). The third-order valence-corrected chi connectivity index (χ3v) is 1.81. The van der Waals surface area contributed by atoms with E-state index in [1.54, 1.807) is 24.2 Å². The summed E-state index contributed by atoms with van der Waals surface area (Å²) in [6.45, 7) is 1.62. The second-order valence-electron chi connectivity index (χ2n) is 3.07. The molecule has 6 nitrogen and oxygen atoms in total. The van der Waals surface area contributed by atoms with E-state index in [-0.39, 0.29) is 18.3 Å². The first kappa shape index (κ1) is 14.9. The molecule has 7 heteroatoms. The number of halogens is 1. The smallest absolute Gasteiger partial charge is 0.225 e. The first-order chi connectivity index (χ1) is 7.26. The van der Waals surface area contributed by atoms with E-state index >= 15 is 0 Å². The summed E-state index contributed by atoms with van der Waals surface area (Å²) >= 11 is 0. The van der Waals surface area contributed by atoms with Crippen molar-refractivity contribution in [2.24, 2.45) is 5.73 Å². The van der Waals surface area contributed by atoms with Gasteiger partial charge in [0.05, 0.1) is 25.0 Å². The highest BCUT2D eigenvalue weighted by molar-refractivity contribution is 5.90. The number of nitrogens with one attached hydrogen (secondary N) is 1. The fraction of sp³-hybridized carbons (Fsp3) is 0.556. The molecule has 1 amide bonds. The molecule has 0 atom stereocenters. The van der Waals surface area contributed by atoms with Crippen molar-refractivity contribution in [2.45, 2.75) is 13.0 Å². The van der Waals surface area contributed by atoms with Crippen LogP contribution in [0, 0.1) is 0 Å². The third-order valence-electron chi connectivity index (χ3n) is 1.81. The molecule has 0 aliphatic heterocycles. The lowest BCUT2D eigenvalue weighted by molar-refractivity contribution is -0.116. The summed E-state index contributed by atoms with van der Waals surface area (Å²) in [6, 6.07) is 0. The number of ether oxygens (including phenoxy) is 1. The molecule has 0 radical (unpaired) electrons. The lowest BCUT2D eigenvalue weighted by Gasteiger charge is -2.00. The molecule has 0 fully saturated rings. The van der Waals surface area contributed by atoms with Crippen LogP contribution in [0.5, 0.6) is 0 Å². The van der Waals surface area contributed by atoms with Crippen LogP contribution in [0.2, 0.25) is 0 Å². The SMILES string of the molecule is COCCn1cc(NC(=O)CCN)cn1.Cl. The number of methoxy groups -OCH3 is 1. The van der Waals surface area contributed by atoms with Crippen LogP contribution in [0.4, 0.5) is 5.69 Å². The molecule has 0 bridgehead atoms. The monoisotopic (exact) mass is 248 g/mol. The highest BCUT2D eigenvalue weighted by Gasteiger charge is 2.02. The molecule has 0 aromatic carbocycles. The Bertz CT molecular complexity index is 316. The van der Waals surface area contributed by atoms with Gasteiger partial charge in [0.2, 0.25) is 5.91 Å². The van der Waals surface area contributed by atoms with Crippen LogP contribution in [-0.2, 0) is 16.1 Å². The van der Waals surface area contributed by atoms with E-state index < -0.39 is 0 Å². The molecule has 1 aromatic rings. The predicted octanol–water partition coefficient (Wildman–Crippen LogP) is 0.239. The zero-order chi connectivity index (χ0) is 11.1. The van der Waals surface area contributed by atoms with Crippen molar-refractivity contribution in [3.63, 3.8) is 0 Å². The van der Waals surface area contributed by atoms with Gasteiger partial charge < -0.3 is 15.8 Å². The van der Waals surface area contributed by atoms with Gasteiger partial charge in [0.25, 0.3) is 0 Å². The fourth-order valence-corrected chi connectivity index (χ4v) is 1.09. The summed E-state index contributed by atoms with van der Waals surface area (Å²) in [7, 11) is 1.63. The number of rotatable bonds is 6. The Morgan fingerprint density at radius 3 is 3.06 bits per heavy atom. The molecule has 92 valence electrons. The number of hydrogen-bond donors (Lipinski definition) is 2. The lowest BCUT2D eigenvalue weighted by atomic mass is 10.4. The van der Waals surface area contributed by atoms with E-state index in [1.807, 2.05) is 0 Å². The number of aromatic nitrogens is 2. The van der Waals surface area contributed by atoms with E-state index in [1.165, 1.54) is 0 Å². The molecule has 0 saturated carbocycles. The second kappa shape index (κ2) is 8.09. The third kappa shape index (κ3) is 5.11. The van der Waals surface area contributed by atoms with Gasteiger partial charge in [0, 0.05) is 26.3 Å². The minimum absolute atomic E-state index is 0. The van der Waals surface area contributed by atoms with Crippen LogP contribution in [0.25, 0.3) is 0 Å². The molecule has 3 N–H and O–H groups in total. The molecule has 0 aliphatic rings. The van der Waals surface area contributed by atoms with Gasteiger partial charge in [-0.3, -0.25) is 9.48 Å². The van der Waals surface area contributed by atoms with Crippen molar-refractivity contribution >= 4 is 24.0 Å². The average molecular weight is 249 g/mol. The number of nitrogens with two attached hydrogens (primary N) is 1. The number of carbonyl (C=O) groups is 1. The van der Waals surface area contributed by atoms with E-state index in [4.69, 9.17) is 10.5 Å². The van der Waals surface area contributed by atoms with Crippen molar-refractivity contribution < 1.29 is 9.53 Å². The fourth-order valence-electron chi connectivity index (χ4n) is 1.09. The average Bonchev–Trinajstić information content (AvgIpc) is 2.63. The maximum atomic E-state index is 11.2. The van der Waals surface area contributed by atoms with Gasteiger partial charge in [-0.2, -0.15) is 5.10 Å². The molecule has 16 heavy (non-hydrogen) atoms. The molecule has 0 unspecified atom stereocenters. The van der Waals surface area contributed by atoms with Crippen LogP contribution in [0.1, 0.15) is 6.42 Å². The summed E-state index contributed by atoms with van der Waals surface area (Å²) in [4.78, 5) is 11.2. The molecular weight excluding hydrogens is 232 g/mol. The number of amides is 1. The molecule has 0 saturated heterocycles. The Balaban J connectivity index is 0.00000225. The summed E-state index contributed by atoms with van der Waals surface area (Å²) in [6.07, 6.45) is 3.68. The first-order valence-electron chi connectivity index (χ1n) is 4.77. The van der Waals surface area contributed by atoms with E-state index in [9.17, 15) is 4.79 Å². The lowest BCUT2D eigenvalue weighted by Crippen LogP contribution is -2.15. The van der Waals surface area contributed by atoms with Crippen molar-refractivity contribution in [1.82, 2.24) is 9.78 Å². The summed E-state index contributed by atoms with van der Waals surface area (Å²) < 4.78 is 6.62. The van der Waals surface area contributed by atoms with Gasteiger partial charge in [-0.05, 0) is 0 Å². The Labute approximate surface area is 101 Å². The minimum Gasteiger partial charge on any atom is -0.383 e. The van der Waals surface area contributed by atoms with Gasteiger partial charge in [-0.1, -0.05) is 0 Å². The highest BCUT2D eigenvalue weighted by atomic mass is 35.5. The molecule has 1 heterocycles.